The van der Waals surface area contributed by atoms with Gasteiger partial charge >= 0.3 is 5.97 Å². The highest BCUT2D eigenvalue weighted by Gasteiger charge is 2.35. The Morgan fingerprint density at radius 3 is 2.51 bits per heavy atom. The molecule has 8 nitrogen and oxygen atoms in total. The van der Waals surface area contributed by atoms with E-state index in [4.69, 9.17) is 14.2 Å². The SMILES string of the molecule is CCOC(=O)C1=C(C)N=c2s/c(=C/c3cc(C)n(C)c3C)c(=O)n2[C@H]1c1ccc(OC)cc1OC. The van der Waals surface area contributed by atoms with Crippen LogP contribution in [0.4, 0.5) is 0 Å². The first-order chi connectivity index (χ1) is 16.7. The number of hydrogen-bond donors (Lipinski definition) is 0. The van der Waals surface area contributed by atoms with Gasteiger partial charge in [-0.1, -0.05) is 11.3 Å². The average molecular weight is 496 g/mol. The molecule has 0 aliphatic carbocycles. The monoisotopic (exact) mass is 495 g/mol. The number of allylic oxidation sites excluding steroid dienone is 1. The smallest absolute Gasteiger partial charge is 0.338 e. The van der Waals surface area contributed by atoms with E-state index < -0.39 is 12.0 Å². The van der Waals surface area contributed by atoms with Crippen LogP contribution >= 0.6 is 11.3 Å². The number of thiazole rings is 1. The van der Waals surface area contributed by atoms with Crippen molar-refractivity contribution in [2.24, 2.45) is 12.0 Å². The van der Waals surface area contributed by atoms with Crippen LogP contribution in [-0.2, 0) is 16.6 Å². The first-order valence-electron chi connectivity index (χ1n) is 11.3. The molecule has 0 spiro atoms. The molecule has 0 amide bonds. The van der Waals surface area contributed by atoms with Crippen LogP contribution in [0.1, 0.15) is 42.4 Å². The molecule has 3 aromatic rings. The molecule has 0 saturated carbocycles. The fraction of sp³-hybridized carbons (Fsp3) is 0.346. The van der Waals surface area contributed by atoms with Gasteiger partial charge in [-0.2, -0.15) is 0 Å². The molecule has 2 aromatic heterocycles. The molecule has 184 valence electrons. The van der Waals surface area contributed by atoms with E-state index in [1.807, 2.05) is 39.1 Å². The quantitative estimate of drug-likeness (QED) is 0.491. The lowest BCUT2D eigenvalue weighted by molar-refractivity contribution is -0.139. The third-order valence-electron chi connectivity index (χ3n) is 6.35. The van der Waals surface area contributed by atoms with Gasteiger partial charge in [-0.05, 0) is 57.5 Å². The molecule has 1 aliphatic heterocycles. The number of esters is 1. The fourth-order valence-electron chi connectivity index (χ4n) is 4.30. The number of aromatic nitrogens is 2. The van der Waals surface area contributed by atoms with Crippen LogP contribution in [-0.4, -0.2) is 35.9 Å². The molecule has 0 radical (unpaired) electrons. The lowest BCUT2D eigenvalue weighted by Crippen LogP contribution is -2.40. The number of rotatable bonds is 6. The highest BCUT2D eigenvalue weighted by Crippen LogP contribution is 2.37. The lowest BCUT2D eigenvalue weighted by atomic mass is 9.95. The molecule has 9 heteroatoms. The summed E-state index contributed by atoms with van der Waals surface area (Å²) in [6.07, 6.45) is 1.89. The number of aryl methyl sites for hydroxylation is 1. The maximum Gasteiger partial charge on any atom is 0.338 e. The average Bonchev–Trinajstić information content (AvgIpc) is 3.27. The van der Waals surface area contributed by atoms with Gasteiger partial charge in [0.1, 0.15) is 17.5 Å². The van der Waals surface area contributed by atoms with Gasteiger partial charge in [-0.15, -0.1) is 0 Å². The standard InChI is InChI=1S/C26H29N3O5S/c1-8-34-25(31)22-15(3)27-26-29(23(22)19-10-9-18(32-6)13-20(19)33-7)24(30)21(35-26)12-17-11-14(2)28(5)16(17)4/h9-13,23H,8H2,1-7H3/b21-12+/t23-/m0/s1. The predicted molar refractivity (Wildman–Crippen MR) is 135 cm³/mol. The number of benzene rings is 1. The van der Waals surface area contributed by atoms with Gasteiger partial charge in [0.15, 0.2) is 4.80 Å². The minimum Gasteiger partial charge on any atom is -0.497 e. The van der Waals surface area contributed by atoms with E-state index in [1.54, 1.807) is 44.8 Å². The van der Waals surface area contributed by atoms with E-state index >= 15 is 0 Å². The third kappa shape index (κ3) is 4.20. The number of carbonyl (C=O) groups excluding carboxylic acids is 1. The molecule has 0 N–H and O–H groups in total. The second-order valence-corrected chi connectivity index (χ2v) is 9.30. The summed E-state index contributed by atoms with van der Waals surface area (Å²) in [5, 5.41) is 0. The zero-order chi connectivity index (χ0) is 25.4. The molecule has 0 bridgehead atoms. The van der Waals surface area contributed by atoms with Crippen molar-refractivity contribution < 1.29 is 19.0 Å². The largest absolute Gasteiger partial charge is 0.497 e. The molecule has 1 atom stereocenters. The number of nitrogens with zero attached hydrogens (tertiary/aromatic N) is 3. The molecule has 0 unspecified atom stereocenters. The summed E-state index contributed by atoms with van der Waals surface area (Å²) >= 11 is 1.30. The number of methoxy groups -OCH3 is 2. The van der Waals surface area contributed by atoms with Crippen LogP contribution in [0.3, 0.4) is 0 Å². The van der Waals surface area contributed by atoms with Crippen molar-refractivity contribution in [3.8, 4) is 11.5 Å². The number of hydrogen-bond acceptors (Lipinski definition) is 7. The molecule has 3 heterocycles. The van der Waals surface area contributed by atoms with Crippen LogP contribution in [0.15, 0.2) is 45.3 Å². The minimum absolute atomic E-state index is 0.207. The van der Waals surface area contributed by atoms with E-state index in [-0.39, 0.29) is 12.2 Å². The summed E-state index contributed by atoms with van der Waals surface area (Å²) in [5.74, 6) is 0.585. The Morgan fingerprint density at radius 1 is 1.17 bits per heavy atom. The highest BCUT2D eigenvalue weighted by atomic mass is 32.1. The van der Waals surface area contributed by atoms with Crippen molar-refractivity contribution in [3.05, 3.63) is 77.7 Å². The first kappa shape index (κ1) is 24.5. The maximum absolute atomic E-state index is 13.8. The van der Waals surface area contributed by atoms with Crippen LogP contribution in [0.5, 0.6) is 11.5 Å². The summed E-state index contributed by atoms with van der Waals surface area (Å²) in [4.78, 5) is 32.0. The van der Waals surface area contributed by atoms with Crippen molar-refractivity contribution >= 4 is 23.4 Å². The van der Waals surface area contributed by atoms with Crippen molar-refractivity contribution in [1.82, 2.24) is 9.13 Å². The van der Waals surface area contributed by atoms with E-state index in [0.29, 0.717) is 37.7 Å². The van der Waals surface area contributed by atoms with Crippen molar-refractivity contribution in [1.29, 1.82) is 0 Å². The van der Waals surface area contributed by atoms with Crippen LogP contribution in [0, 0.1) is 13.8 Å². The second-order valence-electron chi connectivity index (χ2n) is 8.30. The van der Waals surface area contributed by atoms with Crippen molar-refractivity contribution in [2.75, 3.05) is 20.8 Å². The predicted octanol–water partition coefficient (Wildman–Crippen LogP) is 2.77. The Bertz CT molecular complexity index is 1520. The highest BCUT2D eigenvalue weighted by molar-refractivity contribution is 7.07. The molecule has 0 fully saturated rings. The van der Waals surface area contributed by atoms with Gasteiger partial charge in [0, 0.05) is 30.1 Å². The van der Waals surface area contributed by atoms with Gasteiger partial charge in [-0.3, -0.25) is 9.36 Å². The van der Waals surface area contributed by atoms with E-state index in [1.165, 1.54) is 11.3 Å². The summed E-state index contributed by atoms with van der Waals surface area (Å²) in [6, 6.07) is 6.61. The molecule has 4 rings (SSSR count). The molecule has 35 heavy (non-hydrogen) atoms. The van der Waals surface area contributed by atoms with Crippen molar-refractivity contribution in [3.63, 3.8) is 0 Å². The van der Waals surface area contributed by atoms with Gasteiger partial charge in [0.05, 0.1) is 36.6 Å². The zero-order valence-corrected chi connectivity index (χ0v) is 21.8. The summed E-state index contributed by atoms with van der Waals surface area (Å²) in [7, 11) is 5.11. The fourth-order valence-corrected chi connectivity index (χ4v) is 5.34. The summed E-state index contributed by atoms with van der Waals surface area (Å²) in [6.45, 7) is 7.76. The number of carbonyl (C=O) groups is 1. The van der Waals surface area contributed by atoms with E-state index in [9.17, 15) is 9.59 Å². The Morgan fingerprint density at radius 2 is 1.91 bits per heavy atom. The Hall–Kier alpha value is -3.59. The maximum atomic E-state index is 13.8. The topological polar surface area (TPSA) is 84.1 Å². The summed E-state index contributed by atoms with van der Waals surface area (Å²) < 4.78 is 20.5. The third-order valence-corrected chi connectivity index (χ3v) is 7.34. The minimum atomic E-state index is -0.757. The van der Waals surface area contributed by atoms with Gasteiger partial charge in [0.2, 0.25) is 0 Å². The van der Waals surface area contributed by atoms with Gasteiger partial charge in [-0.25, -0.2) is 9.79 Å². The zero-order valence-electron chi connectivity index (χ0n) is 21.0. The molecular weight excluding hydrogens is 466 g/mol. The molecule has 1 aromatic carbocycles. The van der Waals surface area contributed by atoms with Crippen molar-refractivity contribution in [2.45, 2.75) is 33.7 Å². The normalized spacial score (nSPS) is 15.6. The molecule has 0 saturated heterocycles. The molecule has 1 aliphatic rings. The van der Waals surface area contributed by atoms with E-state index in [2.05, 4.69) is 9.56 Å². The van der Waals surface area contributed by atoms with Gasteiger partial charge in [0.25, 0.3) is 5.56 Å². The van der Waals surface area contributed by atoms with Crippen LogP contribution < -0.4 is 24.4 Å². The second kappa shape index (κ2) is 9.58. The number of ether oxygens (including phenoxy) is 3. The Kier molecular flexibility index (Phi) is 6.71. The molecular formula is C26H29N3O5S. The lowest BCUT2D eigenvalue weighted by Gasteiger charge is -2.26. The summed E-state index contributed by atoms with van der Waals surface area (Å²) in [5.41, 5.74) is 4.35. The van der Waals surface area contributed by atoms with Crippen LogP contribution in [0.2, 0.25) is 0 Å². The Balaban J connectivity index is 2.01. The van der Waals surface area contributed by atoms with Gasteiger partial charge < -0.3 is 18.8 Å². The van der Waals surface area contributed by atoms with Crippen LogP contribution in [0.25, 0.3) is 6.08 Å². The first-order valence-corrected chi connectivity index (χ1v) is 12.1. The Labute approximate surface area is 207 Å². The number of fused-ring (bicyclic) bond motifs is 1. The van der Waals surface area contributed by atoms with E-state index in [0.717, 1.165) is 17.0 Å².